The van der Waals surface area contributed by atoms with Crippen LogP contribution in [0, 0.1) is 0 Å². The molecule has 0 aliphatic carbocycles. The third kappa shape index (κ3) is 3.79. The Hall–Kier alpha value is -1.57. The van der Waals surface area contributed by atoms with E-state index in [-0.39, 0.29) is 32.5 Å². The molecule has 0 radical (unpaired) electrons. The fraction of sp³-hybridized carbons (Fsp3) is 0.714. The van der Waals surface area contributed by atoms with E-state index in [2.05, 4.69) is 6.58 Å². The molecule has 0 aromatic heterocycles. The molecule has 0 aromatic rings. The number of carbonyl (C=O) groups is 2. The van der Waals surface area contributed by atoms with Gasteiger partial charge in [0.15, 0.2) is 5.60 Å². The minimum absolute atomic E-state index is 0.181. The van der Waals surface area contributed by atoms with Gasteiger partial charge in [-0.2, -0.15) is 13.2 Å². The molecule has 1 fully saturated rings. The molecule has 126 valence electrons. The number of methoxy groups -OCH3 is 1. The maximum atomic E-state index is 13.2. The normalized spacial score (nSPS) is 22.3. The molecule has 1 atom stereocenters. The van der Waals surface area contributed by atoms with Crippen molar-refractivity contribution in [3.05, 3.63) is 12.7 Å². The van der Waals surface area contributed by atoms with Crippen molar-refractivity contribution in [3.8, 4) is 0 Å². The number of hydrogen-bond donors (Lipinski definition) is 0. The molecule has 1 aliphatic heterocycles. The number of nitrogens with zero attached hydrogens (tertiary/aromatic N) is 2. The van der Waals surface area contributed by atoms with Gasteiger partial charge in [0.05, 0.1) is 13.1 Å². The molecule has 8 heteroatoms. The summed E-state index contributed by atoms with van der Waals surface area (Å²) in [5.74, 6) is -0.955. The summed E-state index contributed by atoms with van der Waals surface area (Å²) in [5.41, 5.74) is -2.33. The van der Waals surface area contributed by atoms with Gasteiger partial charge in [-0.05, 0) is 25.8 Å². The summed E-state index contributed by atoms with van der Waals surface area (Å²) < 4.78 is 44.3. The zero-order valence-corrected chi connectivity index (χ0v) is 12.8. The zero-order chi connectivity index (χ0) is 17.0. The SMILES string of the molecule is C=CC(=O)N(CC)CC(=O)N1CCCC(OC)(C(F)(F)F)C1. The van der Waals surface area contributed by atoms with Gasteiger partial charge in [-0.25, -0.2) is 0 Å². The molecular formula is C14H21F3N2O3. The number of carbonyl (C=O) groups excluding carboxylic acids is 2. The van der Waals surface area contributed by atoms with Gasteiger partial charge in [0.2, 0.25) is 11.8 Å². The number of rotatable bonds is 5. The Balaban J connectivity index is 2.82. The van der Waals surface area contributed by atoms with Gasteiger partial charge in [0.1, 0.15) is 0 Å². The number of likely N-dealkylation sites (tertiary alicyclic amines) is 1. The van der Waals surface area contributed by atoms with E-state index in [1.54, 1.807) is 6.92 Å². The first kappa shape index (κ1) is 18.5. The molecule has 0 aromatic carbocycles. The van der Waals surface area contributed by atoms with E-state index in [9.17, 15) is 22.8 Å². The number of piperidine rings is 1. The Morgan fingerprint density at radius 2 is 2.09 bits per heavy atom. The van der Waals surface area contributed by atoms with Crippen molar-refractivity contribution >= 4 is 11.8 Å². The number of halogens is 3. The predicted molar refractivity (Wildman–Crippen MR) is 74.1 cm³/mol. The molecule has 5 nitrogen and oxygen atoms in total. The first-order chi connectivity index (χ1) is 10.2. The van der Waals surface area contributed by atoms with Crippen molar-refractivity contribution in [3.63, 3.8) is 0 Å². The van der Waals surface area contributed by atoms with E-state index in [0.29, 0.717) is 0 Å². The molecule has 0 saturated carbocycles. The molecule has 22 heavy (non-hydrogen) atoms. The lowest BCUT2D eigenvalue weighted by molar-refractivity contribution is -0.282. The average Bonchev–Trinajstić information content (AvgIpc) is 2.50. The predicted octanol–water partition coefficient (Wildman–Crippen LogP) is 1.59. The lowest BCUT2D eigenvalue weighted by atomic mass is 9.91. The molecule has 0 spiro atoms. The van der Waals surface area contributed by atoms with Crippen LogP contribution in [0.4, 0.5) is 13.2 Å². The highest BCUT2D eigenvalue weighted by Crippen LogP contribution is 2.39. The molecule has 2 amide bonds. The van der Waals surface area contributed by atoms with Crippen molar-refractivity contribution in [1.82, 2.24) is 9.80 Å². The summed E-state index contributed by atoms with van der Waals surface area (Å²) in [6, 6.07) is 0. The van der Waals surface area contributed by atoms with Crippen LogP contribution in [0.5, 0.6) is 0 Å². The van der Waals surface area contributed by atoms with Crippen LogP contribution in [0.15, 0.2) is 12.7 Å². The first-order valence-electron chi connectivity index (χ1n) is 7.01. The average molecular weight is 322 g/mol. The minimum atomic E-state index is -4.55. The Morgan fingerprint density at radius 3 is 2.55 bits per heavy atom. The van der Waals surface area contributed by atoms with Gasteiger partial charge in [0.25, 0.3) is 0 Å². The van der Waals surface area contributed by atoms with Crippen LogP contribution in [0.3, 0.4) is 0 Å². The van der Waals surface area contributed by atoms with Crippen molar-refractivity contribution < 1.29 is 27.5 Å². The van der Waals surface area contributed by atoms with E-state index in [1.165, 1.54) is 4.90 Å². The first-order valence-corrected chi connectivity index (χ1v) is 7.01. The van der Waals surface area contributed by atoms with Crippen molar-refractivity contribution in [2.75, 3.05) is 33.3 Å². The highest BCUT2D eigenvalue weighted by atomic mass is 19.4. The van der Waals surface area contributed by atoms with Crippen molar-refractivity contribution in [2.24, 2.45) is 0 Å². The number of ether oxygens (including phenoxy) is 1. The summed E-state index contributed by atoms with van der Waals surface area (Å²) in [6.07, 6.45) is -3.47. The summed E-state index contributed by atoms with van der Waals surface area (Å²) in [6.45, 7) is 4.70. The maximum absolute atomic E-state index is 13.2. The quantitative estimate of drug-likeness (QED) is 0.722. The topological polar surface area (TPSA) is 49.9 Å². The van der Waals surface area contributed by atoms with Crippen LogP contribution < -0.4 is 0 Å². The van der Waals surface area contributed by atoms with E-state index in [0.717, 1.165) is 18.1 Å². The Kier molecular flexibility index (Phi) is 5.99. The molecule has 0 bridgehead atoms. The van der Waals surface area contributed by atoms with Crippen LogP contribution in [-0.4, -0.2) is 66.7 Å². The van der Waals surface area contributed by atoms with Gasteiger partial charge in [-0.15, -0.1) is 0 Å². The van der Waals surface area contributed by atoms with Crippen molar-refractivity contribution in [1.29, 1.82) is 0 Å². The Bertz CT molecular complexity index is 440. The fourth-order valence-corrected chi connectivity index (χ4v) is 2.49. The van der Waals surface area contributed by atoms with Crippen LogP contribution in [0.25, 0.3) is 0 Å². The maximum Gasteiger partial charge on any atom is 0.419 e. The number of hydrogen-bond acceptors (Lipinski definition) is 3. The summed E-state index contributed by atoms with van der Waals surface area (Å²) in [4.78, 5) is 26.1. The summed E-state index contributed by atoms with van der Waals surface area (Å²) in [7, 11) is 1.00. The lowest BCUT2D eigenvalue weighted by Gasteiger charge is -2.43. The third-order valence-corrected chi connectivity index (χ3v) is 3.91. The second-order valence-corrected chi connectivity index (χ2v) is 5.17. The highest BCUT2D eigenvalue weighted by molar-refractivity contribution is 5.90. The molecule has 1 saturated heterocycles. The largest absolute Gasteiger partial charge is 0.419 e. The van der Waals surface area contributed by atoms with Crippen LogP contribution in [-0.2, 0) is 14.3 Å². The molecule has 1 heterocycles. The van der Waals surface area contributed by atoms with Crippen LogP contribution >= 0.6 is 0 Å². The molecule has 1 rings (SSSR count). The monoisotopic (exact) mass is 322 g/mol. The summed E-state index contributed by atoms with van der Waals surface area (Å²) in [5, 5.41) is 0. The fourth-order valence-electron chi connectivity index (χ4n) is 2.49. The van der Waals surface area contributed by atoms with E-state index in [4.69, 9.17) is 4.74 Å². The molecule has 1 unspecified atom stereocenters. The van der Waals surface area contributed by atoms with Gasteiger partial charge in [-0.1, -0.05) is 6.58 Å². The number of likely N-dealkylation sites (N-methyl/N-ethyl adjacent to an activating group) is 1. The van der Waals surface area contributed by atoms with E-state index < -0.39 is 30.1 Å². The van der Waals surface area contributed by atoms with E-state index >= 15 is 0 Å². The smallest absolute Gasteiger partial charge is 0.367 e. The van der Waals surface area contributed by atoms with Gasteiger partial charge >= 0.3 is 6.18 Å². The van der Waals surface area contributed by atoms with Gasteiger partial charge in [-0.3, -0.25) is 9.59 Å². The zero-order valence-electron chi connectivity index (χ0n) is 12.8. The summed E-state index contributed by atoms with van der Waals surface area (Å²) >= 11 is 0. The second-order valence-electron chi connectivity index (χ2n) is 5.17. The van der Waals surface area contributed by atoms with Crippen LogP contribution in [0.1, 0.15) is 19.8 Å². The second kappa shape index (κ2) is 7.13. The van der Waals surface area contributed by atoms with Gasteiger partial charge < -0.3 is 14.5 Å². The Morgan fingerprint density at radius 1 is 1.45 bits per heavy atom. The van der Waals surface area contributed by atoms with Gasteiger partial charge in [0, 0.05) is 20.2 Å². The lowest BCUT2D eigenvalue weighted by Crippen LogP contribution is -2.60. The molecular weight excluding hydrogens is 301 g/mol. The number of amides is 2. The van der Waals surface area contributed by atoms with Crippen molar-refractivity contribution in [2.45, 2.75) is 31.5 Å². The van der Waals surface area contributed by atoms with Crippen LogP contribution in [0.2, 0.25) is 0 Å². The van der Waals surface area contributed by atoms with E-state index in [1.807, 2.05) is 0 Å². The number of alkyl halides is 3. The molecule has 0 N–H and O–H groups in total. The molecule has 1 aliphatic rings. The Labute approximate surface area is 127 Å². The third-order valence-electron chi connectivity index (χ3n) is 3.91. The standard InChI is InChI=1S/C14H21F3N2O3/c1-4-11(20)18(5-2)9-12(21)19-8-6-7-13(10-19,22-3)14(15,16)17/h4H,1,5-10H2,2-3H3. The highest BCUT2D eigenvalue weighted by Gasteiger charge is 2.57. The minimum Gasteiger partial charge on any atom is -0.367 e.